The first-order chi connectivity index (χ1) is 9.70. The number of ether oxygens (including phenoxy) is 1. The molecule has 1 N–H and O–H groups in total. The fourth-order valence-corrected chi connectivity index (χ4v) is 2.14. The summed E-state index contributed by atoms with van der Waals surface area (Å²) in [6.07, 6.45) is 2.58. The molecule has 1 aliphatic rings. The first kappa shape index (κ1) is 13.1. The number of benzene rings is 2. The summed E-state index contributed by atoms with van der Waals surface area (Å²) in [5, 5.41) is 3.50. The van der Waals surface area contributed by atoms with Gasteiger partial charge in [0, 0.05) is 18.7 Å². The average Bonchev–Trinajstić information content (AvgIpc) is 3.22. The fraction of sp³-hybridized carbons (Fsp3) is 0.294. The summed E-state index contributed by atoms with van der Waals surface area (Å²) >= 11 is 0. The van der Waals surface area contributed by atoms with Crippen LogP contribution in [0.1, 0.15) is 24.0 Å². The van der Waals surface area contributed by atoms with Gasteiger partial charge in [0.1, 0.15) is 17.3 Å². The van der Waals surface area contributed by atoms with Crippen molar-refractivity contribution in [1.82, 2.24) is 5.32 Å². The van der Waals surface area contributed by atoms with Crippen molar-refractivity contribution in [3.63, 3.8) is 0 Å². The number of hydrogen-bond donors (Lipinski definition) is 1. The molecule has 0 unspecified atom stereocenters. The molecule has 1 saturated carbocycles. The molecular weight excluding hydrogens is 253 g/mol. The van der Waals surface area contributed by atoms with Crippen molar-refractivity contribution in [3.05, 3.63) is 59.4 Å². The zero-order valence-electron chi connectivity index (χ0n) is 11.5. The van der Waals surface area contributed by atoms with Crippen LogP contribution in [0.3, 0.4) is 0 Å². The molecule has 0 aromatic heterocycles. The van der Waals surface area contributed by atoms with Gasteiger partial charge in [0.15, 0.2) is 0 Å². The van der Waals surface area contributed by atoms with Crippen LogP contribution in [0.15, 0.2) is 42.5 Å². The quantitative estimate of drug-likeness (QED) is 0.881. The predicted octanol–water partition coefficient (Wildman–Crippen LogP) is 4.18. The monoisotopic (exact) mass is 271 g/mol. The van der Waals surface area contributed by atoms with Crippen molar-refractivity contribution in [2.45, 2.75) is 32.4 Å². The summed E-state index contributed by atoms with van der Waals surface area (Å²) in [7, 11) is 0. The molecule has 3 heteroatoms. The lowest BCUT2D eigenvalue weighted by Gasteiger charge is -2.10. The van der Waals surface area contributed by atoms with E-state index in [-0.39, 0.29) is 5.82 Å². The molecule has 0 spiro atoms. The summed E-state index contributed by atoms with van der Waals surface area (Å²) < 4.78 is 18.8. The molecule has 3 rings (SSSR count). The van der Waals surface area contributed by atoms with Crippen molar-refractivity contribution in [1.29, 1.82) is 0 Å². The van der Waals surface area contributed by atoms with Gasteiger partial charge in [-0.3, -0.25) is 0 Å². The molecule has 0 bridgehead atoms. The van der Waals surface area contributed by atoms with E-state index in [9.17, 15) is 4.39 Å². The van der Waals surface area contributed by atoms with Gasteiger partial charge in [-0.05, 0) is 55.2 Å². The zero-order chi connectivity index (χ0) is 13.9. The van der Waals surface area contributed by atoms with Gasteiger partial charge in [0.25, 0.3) is 0 Å². The van der Waals surface area contributed by atoms with E-state index in [0.29, 0.717) is 11.8 Å². The van der Waals surface area contributed by atoms with E-state index in [0.717, 1.165) is 12.3 Å². The van der Waals surface area contributed by atoms with Gasteiger partial charge < -0.3 is 10.1 Å². The first-order valence-corrected chi connectivity index (χ1v) is 6.97. The average molecular weight is 271 g/mol. The molecule has 20 heavy (non-hydrogen) atoms. The maximum absolute atomic E-state index is 13.1. The van der Waals surface area contributed by atoms with Crippen LogP contribution in [0.4, 0.5) is 4.39 Å². The minimum atomic E-state index is -0.288. The Labute approximate surface area is 118 Å². The van der Waals surface area contributed by atoms with Crippen molar-refractivity contribution in [2.75, 3.05) is 0 Å². The van der Waals surface area contributed by atoms with Gasteiger partial charge in [0.05, 0.1) is 0 Å². The van der Waals surface area contributed by atoms with E-state index >= 15 is 0 Å². The van der Waals surface area contributed by atoms with Gasteiger partial charge in [-0.2, -0.15) is 0 Å². The Bertz CT molecular complexity index is 608. The van der Waals surface area contributed by atoms with Gasteiger partial charge in [-0.1, -0.05) is 12.1 Å². The van der Waals surface area contributed by atoms with E-state index in [4.69, 9.17) is 4.74 Å². The topological polar surface area (TPSA) is 21.3 Å². The Hall–Kier alpha value is -1.87. The second kappa shape index (κ2) is 5.63. The highest BCUT2D eigenvalue weighted by Crippen LogP contribution is 2.25. The molecule has 1 aliphatic carbocycles. The molecule has 0 radical (unpaired) electrons. The molecule has 0 atom stereocenters. The second-order valence-corrected chi connectivity index (χ2v) is 5.30. The van der Waals surface area contributed by atoms with E-state index in [1.165, 1.54) is 36.1 Å². The van der Waals surface area contributed by atoms with Gasteiger partial charge in [-0.25, -0.2) is 4.39 Å². The lowest BCUT2D eigenvalue weighted by atomic mass is 10.1. The summed E-state index contributed by atoms with van der Waals surface area (Å²) in [5.41, 5.74) is 2.47. The van der Waals surface area contributed by atoms with E-state index in [1.807, 2.05) is 12.1 Å². The third-order valence-corrected chi connectivity index (χ3v) is 3.50. The maximum Gasteiger partial charge on any atom is 0.130 e. The Balaban J connectivity index is 1.69. The molecule has 1 fully saturated rings. The highest BCUT2D eigenvalue weighted by Gasteiger charge is 2.20. The minimum Gasteiger partial charge on any atom is -0.457 e. The van der Waals surface area contributed by atoms with E-state index in [1.54, 1.807) is 12.1 Å². The van der Waals surface area contributed by atoms with Crippen LogP contribution >= 0.6 is 0 Å². The fourth-order valence-electron chi connectivity index (χ4n) is 2.14. The Morgan fingerprint density at radius 1 is 1.15 bits per heavy atom. The number of hydrogen-bond acceptors (Lipinski definition) is 2. The largest absolute Gasteiger partial charge is 0.457 e. The third kappa shape index (κ3) is 3.36. The van der Waals surface area contributed by atoms with E-state index in [2.05, 4.69) is 18.3 Å². The summed E-state index contributed by atoms with van der Waals surface area (Å²) in [5.74, 6) is 0.973. The molecule has 2 aromatic carbocycles. The molecule has 0 aliphatic heterocycles. The maximum atomic E-state index is 13.1. The Morgan fingerprint density at radius 2 is 1.95 bits per heavy atom. The van der Waals surface area contributed by atoms with Crippen LogP contribution < -0.4 is 10.1 Å². The van der Waals surface area contributed by atoms with Crippen molar-refractivity contribution < 1.29 is 9.13 Å². The number of halogens is 1. The molecule has 104 valence electrons. The predicted molar refractivity (Wildman–Crippen MR) is 77.5 cm³/mol. The van der Waals surface area contributed by atoms with Crippen molar-refractivity contribution in [3.8, 4) is 11.5 Å². The summed E-state index contributed by atoms with van der Waals surface area (Å²) in [6.45, 7) is 2.97. The standard InChI is InChI=1S/C17H18FNO/c1-12-9-17(20-16-4-2-3-14(18)10-16)8-5-13(12)11-19-15-6-7-15/h2-5,8-10,15,19H,6-7,11H2,1H3. The van der Waals surface area contributed by atoms with E-state index < -0.39 is 0 Å². The van der Waals surface area contributed by atoms with Gasteiger partial charge in [0.2, 0.25) is 0 Å². The Morgan fingerprint density at radius 3 is 2.65 bits per heavy atom. The van der Waals surface area contributed by atoms with Crippen molar-refractivity contribution >= 4 is 0 Å². The van der Waals surface area contributed by atoms with Crippen LogP contribution in [0.5, 0.6) is 11.5 Å². The molecule has 0 heterocycles. The summed E-state index contributed by atoms with van der Waals surface area (Å²) in [4.78, 5) is 0. The number of aryl methyl sites for hydroxylation is 1. The molecular formula is C17H18FNO. The highest BCUT2D eigenvalue weighted by atomic mass is 19.1. The third-order valence-electron chi connectivity index (χ3n) is 3.50. The number of nitrogens with one attached hydrogen (secondary N) is 1. The van der Waals surface area contributed by atoms with Crippen LogP contribution in [0.2, 0.25) is 0 Å². The minimum absolute atomic E-state index is 0.288. The molecule has 0 amide bonds. The lowest BCUT2D eigenvalue weighted by Crippen LogP contribution is -2.15. The number of rotatable bonds is 5. The molecule has 0 saturated heterocycles. The zero-order valence-corrected chi connectivity index (χ0v) is 11.5. The van der Waals surface area contributed by atoms with Crippen LogP contribution in [-0.2, 0) is 6.54 Å². The summed E-state index contributed by atoms with van der Waals surface area (Å²) in [6, 6.07) is 12.9. The molecule has 2 nitrogen and oxygen atoms in total. The SMILES string of the molecule is Cc1cc(Oc2cccc(F)c2)ccc1CNC1CC1. The van der Waals surface area contributed by atoms with Crippen LogP contribution in [0.25, 0.3) is 0 Å². The first-order valence-electron chi connectivity index (χ1n) is 6.97. The van der Waals surface area contributed by atoms with Gasteiger partial charge in [-0.15, -0.1) is 0 Å². The highest BCUT2D eigenvalue weighted by molar-refractivity contribution is 5.38. The van der Waals surface area contributed by atoms with Crippen LogP contribution in [-0.4, -0.2) is 6.04 Å². The van der Waals surface area contributed by atoms with Crippen molar-refractivity contribution in [2.24, 2.45) is 0 Å². The lowest BCUT2D eigenvalue weighted by molar-refractivity contribution is 0.476. The Kier molecular flexibility index (Phi) is 3.70. The second-order valence-electron chi connectivity index (χ2n) is 5.30. The molecule has 2 aromatic rings. The smallest absolute Gasteiger partial charge is 0.130 e. The van der Waals surface area contributed by atoms with Crippen LogP contribution in [0, 0.1) is 12.7 Å². The van der Waals surface area contributed by atoms with Gasteiger partial charge >= 0.3 is 0 Å². The normalized spacial score (nSPS) is 14.3.